The molecule has 0 atom stereocenters. The summed E-state index contributed by atoms with van der Waals surface area (Å²) < 4.78 is 10.7. The lowest BCUT2D eigenvalue weighted by Gasteiger charge is -2.29. The van der Waals surface area contributed by atoms with Crippen LogP contribution in [0.5, 0.6) is 11.5 Å². The van der Waals surface area contributed by atoms with Gasteiger partial charge in [0.25, 0.3) is 0 Å². The molecular formula is C19H19ClN2O2. The third kappa shape index (κ3) is 3.20. The number of hydrogen-bond acceptors (Lipinski definition) is 4. The Hall–Kier alpha value is -2.20. The minimum atomic E-state index is 0.281. The van der Waals surface area contributed by atoms with E-state index in [9.17, 15) is 0 Å². The second-order valence-corrected chi connectivity index (χ2v) is 6.46. The van der Waals surface area contributed by atoms with Crippen molar-refractivity contribution in [2.45, 2.75) is 19.3 Å². The number of benzene rings is 2. The van der Waals surface area contributed by atoms with E-state index in [1.807, 2.05) is 36.5 Å². The Balaban J connectivity index is 1.51. The van der Waals surface area contributed by atoms with Gasteiger partial charge >= 0.3 is 0 Å². The Morgan fingerprint density at radius 3 is 2.62 bits per heavy atom. The van der Waals surface area contributed by atoms with Crippen molar-refractivity contribution in [2.75, 3.05) is 24.8 Å². The molecule has 0 N–H and O–H groups in total. The summed E-state index contributed by atoms with van der Waals surface area (Å²) in [5.74, 6) is 1.54. The van der Waals surface area contributed by atoms with Gasteiger partial charge in [0.1, 0.15) is 0 Å². The first-order valence-corrected chi connectivity index (χ1v) is 8.66. The summed E-state index contributed by atoms with van der Waals surface area (Å²) >= 11 is 6.47. The summed E-state index contributed by atoms with van der Waals surface area (Å²) in [6.45, 7) is 2.45. The summed E-state index contributed by atoms with van der Waals surface area (Å²) in [6.07, 6.45) is 5.60. The standard InChI is InChI=1S/C19H19ClN2O2/c20-16-11-15(5-6-17(16)22-8-2-1-3-9-22)21-12-14-4-7-18-19(10-14)24-13-23-18/h4-7,10-12H,1-3,8-9,13H2. The van der Waals surface area contributed by atoms with E-state index in [0.29, 0.717) is 0 Å². The molecule has 0 radical (unpaired) electrons. The van der Waals surface area contributed by atoms with Crippen LogP contribution in [0.4, 0.5) is 11.4 Å². The van der Waals surface area contributed by atoms with Gasteiger partial charge in [-0.1, -0.05) is 11.6 Å². The number of halogens is 1. The Morgan fingerprint density at radius 1 is 0.958 bits per heavy atom. The van der Waals surface area contributed by atoms with Crippen LogP contribution in [0.15, 0.2) is 41.4 Å². The molecule has 124 valence electrons. The van der Waals surface area contributed by atoms with Crippen LogP contribution in [0, 0.1) is 0 Å². The Bertz CT molecular complexity index is 770. The van der Waals surface area contributed by atoms with Crippen LogP contribution in [0.2, 0.25) is 5.02 Å². The fourth-order valence-electron chi connectivity index (χ4n) is 3.11. The highest BCUT2D eigenvalue weighted by molar-refractivity contribution is 6.33. The van der Waals surface area contributed by atoms with Gasteiger partial charge in [0.2, 0.25) is 6.79 Å². The summed E-state index contributed by atoms with van der Waals surface area (Å²) in [5.41, 5.74) is 2.92. The number of nitrogens with zero attached hydrogens (tertiary/aromatic N) is 2. The molecule has 2 aliphatic rings. The summed E-state index contributed by atoms with van der Waals surface area (Å²) in [4.78, 5) is 6.88. The van der Waals surface area contributed by atoms with Crippen molar-refractivity contribution in [1.29, 1.82) is 0 Å². The Morgan fingerprint density at radius 2 is 1.79 bits per heavy atom. The maximum absolute atomic E-state index is 6.47. The summed E-state index contributed by atoms with van der Waals surface area (Å²) in [5, 5.41) is 0.761. The lowest BCUT2D eigenvalue weighted by molar-refractivity contribution is 0.174. The quantitative estimate of drug-likeness (QED) is 0.751. The summed E-state index contributed by atoms with van der Waals surface area (Å²) in [7, 11) is 0. The second-order valence-electron chi connectivity index (χ2n) is 6.05. The molecule has 2 heterocycles. The second kappa shape index (κ2) is 6.73. The van der Waals surface area contributed by atoms with Crippen molar-refractivity contribution < 1.29 is 9.47 Å². The van der Waals surface area contributed by atoms with E-state index in [1.165, 1.54) is 19.3 Å². The zero-order valence-electron chi connectivity index (χ0n) is 13.4. The van der Waals surface area contributed by atoms with Crippen LogP contribution >= 0.6 is 11.6 Å². The zero-order valence-corrected chi connectivity index (χ0v) is 14.1. The molecule has 0 bridgehead atoms. The highest BCUT2D eigenvalue weighted by Gasteiger charge is 2.14. The highest BCUT2D eigenvalue weighted by atomic mass is 35.5. The third-order valence-electron chi connectivity index (χ3n) is 4.39. The largest absolute Gasteiger partial charge is 0.454 e. The normalized spacial score (nSPS) is 16.8. The lowest BCUT2D eigenvalue weighted by Crippen LogP contribution is -2.29. The predicted molar refractivity (Wildman–Crippen MR) is 97.3 cm³/mol. The number of rotatable bonds is 3. The first-order chi connectivity index (χ1) is 11.8. The van der Waals surface area contributed by atoms with Gasteiger partial charge in [0.15, 0.2) is 11.5 Å². The molecule has 0 saturated carbocycles. The van der Waals surface area contributed by atoms with Crippen LogP contribution in [0.3, 0.4) is 0 Å². The average molecular weight is 343 g/mol. The van der Waals surface area contributed by atoms with Gasteiger partial charge < -0.3 is 14.4 Å². The van der Waals surface area contributed by atoms with E-state index in [4.69, 9.17) is 21.1 Å². The van der Waals surface area contributed by atoms with Gasteiger partial charge in [-0.15, -0.1) is 0 Å². The SMILES string of the molecule is Clc1cc(N=Cc2ccc3c(c2)OCO3)ccc1N1CCCCC1. The van der Waals surface area contributed by atoms with Crippen LogP contribution < -0.4 is 14.4 Å². The third-order valence-corrected chi connectivity index (χ3v) is 4.69. The van der Waals surface area contributed by atoms with Crippen molar-refractivity contribution in [1.82, 2.24) is 0 Å². The number of piperidine rings is 1. The van der Waals surface area contributed by atoms with Gasteiger partial charge in [-0.2, -0.15) is 0 Å². The lowest BCUT2D eigenvalue weighted by atomic mass is 10.1. The monoisotopic (exact) mass is 342 g/mol. The molecule has 2 aromatic rings. The maximum atomic E-state index is 6.47. The molecule has 1 fully saturated rings. The molecule has 0 aliphatic carbocycles. The van der Waals surface area contributed by atoms with Crippen molar-refractivity contribution in [3.05, 3.63) is 47.0 Å². The molecule has 5 heteroatoms. The predicted octanol–water partition coefficient (Wildman–Crippen LogP) is 4.81. The molecular weight excluding hydrogens is 324 g/mol. The highest BCUT2D eigenvalue weighted by Crippen LogP contribution is 2.33. The molecule has 0 amide bonds. The molecule has 1 saturated heterocycles. The molecule has 0 unspecified atom stereocenters. The van der Waals surface area contributed by atoms with Gasteiger partial charge in [0, 0.05) is 19.3 Å². The molecule has 0 aromatic heterocycles. The van der Waals surface area contributed by atoms with Crippen molar-refractivity contribution in [3.63, 3.8) is 0 Å². The van der Waals surface area contributed by atoms with E-state index >= 15 is 0 Å². The molecule has 0 spiro atoms. The van der Waals surface area contributed by atoms with E-state index < -0.39 is 0 Å². The molecule has 24 heavy (non-hydrogen) atoms. The van der Waals surface area contributed by atoms with Crippen molar-refractivity contribution in [2.24, 2.45) is 4.99 Å². The van der Waals surface area contributed by atoms with Gasteiger partial charge in [-0.05, 0) is 61.2 Å². The van der Waals surface area contributed by atoms with Crippen molar-refractivity contribution in [3.8, 4) is 11.5 Å². The van der Waals surface area contributed by atoms with E-state index in [1.54, 1.807) is 0 Å². The van der Waals surface area contributed by atoms with Gasteiger partial charge in [0.05, 0.1) is 16.4 Å². The minimum absolute atomic E-state index is 0.281. The Kier molecular flexibility index (Phi) is 4.30. The first-order valence-electron chi connectivity index (χ1n) is 8.28. The van der Waals surface area contributed by atoms with Crippen LogP contribution in [-0.2, 0) is 0 Å². The fraction of sp³-hybridized carbons (Fsp3) is 0.316. The van der Waals surface area contributed by atoms with Crippen LogP contribution in [0.1, 0.15) is 24.8 Å². The van der Waals surface area contributed by atoms with E-state index in [-0.39, 0.29) is 6.79 Å². The van der Waals surface area contributed by atoms with E-state index in [0.717, 1.165) is 46.5 Å². The average Bonchev–Trinajstić information content (AvgIpc) is 3.08. The van der Waals surface area contributed by atoms with Crippen LogP contribution in [0.25, 0.3) is 0 Å². The number of anilines is 1. The molecule has 4 rings (SSSR count). The summed E-state index contributed by atoms with van der Waals surface area (Å²) in [6, 6.07) is 11.8. The molecule has 2 aromatic carbocycles. The number of aliphatic imine (C=N–C) groups is 1. The number of ether oxygens (including phenoxy) is 2. The minimum Gasteiger partial charge on any atom is -0.454 e. The smallest absolute Gasteiger partial charge is 0.231 e. The van der Waals surface area contributed by atoms with Gasteiger partial charge in [-0.25, -0.2) is 0 Å². The molecule has 4 nitrogen and oxygen atoms in total. The van der Waals surface area contributed by atoms with Crippen molar-refractivity contribution >= 4 is 29.2 Å². The fourth-order valence-corrected chi connectivity index (χ4v) is 3.40. The zero-order chi connectivity index (χ0) is 16.4. The Labute approximate surface area is 146 Å². The van der Waals surface area contributed by atoms with E-state index in [2.05, 4.69) is 16.0 Å². The van der Waals surface area contributed by atoms with Crippen LogP contribution in [-0.4, -0.2) is 26.1 Å². The molecule has 2 aliphatic heterocycles. The van der Waals surface area contributed by atoms with Gasteiger partial charge in [-0.3, -0.25) is 4.99 Å². The topological polar surface area (TPSA) is 34.1 Å². The number of fused-ring (bicyclic) bond motifs is 1. The first kappa shape index (κ1) is 15.3. The number of hydrogen-bond donors (Lipinski definition) is 0. The maximum Gasteiger partial charge on any atom is 0.231 e.